The first kappa shape index (κ1) is 30.1. The van der Waals surface area contributed by atoms with Gasteiger partial charge in [-0.15, -0.1) is 22.7 Å². The van der Waals surface area contributed by atoms with Crippen molar-refractivity contribution in [2.24, 2.45) is 0 Å². The molecule has 0 aliphatic rings. The Hall–Kier alpha value is -6.54. The number of rotatable bonds is 5. The first-order valence-electron chi connectivity index (χ1n) is 17.4. The highest BCUT2D eigenvalue weighted by molar-refractivity contribution is 7.26. The second kappa shape index (κ2) is 12.0. The molecule has 0 radical (unpaired) electrons. The normalized spacial score (nSPS) is 11.8. The Balaban J connectivity index is 1.06. The van der Waals surface area contributed by atoms with Crippen LogP contribution in [0.2, 0.25) is 0 Å². The van der Waals surface area contributed by atoms with Crippen LogP contribution in [-0.4, -0.2) is 19.9 Å². The maximum atomic E-state index is 6.37. The number of benzene rings is 7. The largest absolute Gasteiger partial charge is 0.436 e. The van der Waals surface area contributed by atoms with Crippen molar-refractivity contribution in [2.75, 3.05) is 0 Å². The lowest BCUT2D eigenvalue weighted by Crippen LogP contribution is -2.00. The Bertz CT molecular complexity index is 3180. The fourth-order valence-electron chi connectivity index (χ4n) is 7.22. The summed E-state index contributed by atoms with van der Waals surface area (Å²) in [7, 11) is 0. The SMILES string of the molecule is c1ccc(-c2ccc3nc(-c4ccc5sc6c(-c7nc(-c8ccccc8)nc(-c8cccc9c8sc8ccccc89)n7)cccc6c5c4)oc3c2)cc1. The van der Waals surface area contributed by atoms with Crippen LogP contribution in [0.3, 0.4) is 0 Å². The molecule has 4 aromatic heterocycles. The van der Waals surface area contributed by atoms with E-state index in [1.54, 1.807) is 22.7 Å². The molecule has 0 saturated carbocycles. The van der Waals surface area contributed by atoms with Gasteiger partial charge in [-0.05, 0) is 59.7 Å². The average Bonchev–Trinajstić information content (AvgIpc) is 3.94. The molecule has 0 saturated heterocycles. The number of hydrogen-bond acceptors (Lipinski definition) is 7. The van der Waals surface area contributed by atoms with E-state index >= 15 is 0 Å². The number of oxazole rings is 1. The van der Waals surface area contributed by atoms with Crippen LogP contribution in [0.4, 0.5) is 0 Å². The molecule has 0 atom stereocenters. The Labute approximate surface area is 311 Å². The molecule has 7 aromatic carbocycles. The molecule has 4 heterocycles. The number of nitrogens with zero attached hydrogens (tertiary/aromatic N) is 4. The minimum atomic E-state index is 0.604. The molecule has 0 spiro atoms. The molecular weight excluding hydrogens is 689 g/mol. The molecular formula is C46H26N4OS2. The molecule has 0 aliphatic carbocycles. The second-order valence-electron chi connectivity index (χ2n) is 13.0. The van der Waals surface area contributed by atoms with Gasteiger partial charge in [-0.3, -0.25) is 0 Å². The summed E-state index contributed by atoms with van der Waals surface area (Å²) in [6, 6.07) is 54.5. The third kappa shape index (κ3) is 5.04. The highest BCUT2D eigenvalue weighted by Crippen LogP contribution is 2.43. The van der Waals surface area contributed by atoms with Crippen LogP contribution >= 0.6 is 22.7 Å². The Morgan fingerprint density at radius 3 is 1.70 bits per heavy atom. The molecule has 0 unspecified atom stereocenters. The lowest BCUT2D eigenvalue weighted by molar-refractivity contribution is 0.620. The van der Waals surface area contributed by atoms with Crippen molar-refractivity contribution in [1.29, 1.82) is 0 Å². The molecule has 5 nitrogen and oxygen atoms in total. The summed E-state index contributed by atoms with van der Waals surface area (Å²) in [5, 5.41) is 4.74. The molecule has 0 fully saturated rings. The van der Waals surface area contributed by atoms with Gasteiger partial charge < -0.3 is 4.42 Å². The third-order valence-electron chi connectivity index (χ3n) is 9.79. The number of hydrogen-bond donors (Lipinski definition) is 0. The van der Waals surface area contributed by atoms with E-state index in [2.05, 4.69) is 115 Å². The first-order valence-corrected chi connectivity index (χ1v) is 19.0. The van der Waals surface area contributed by atoms with E-state index in [0.717, 1.165) is 60.0 Å². The topological polar surface area (TPSA) is 64.7 Å². The molecule has 0 bridgehead atoms. The molecule has 7 heteroatoms. The smallest absolute Gasteiger partial charge is 0.227 e. The van der Waals surface area contributed by atoms with Crippen molar-refractivity contribution in [2.45, 2.75) is 0 Å². The van der Waals surface area contributed by atoms with Gasteiger partial charge in [0, 0.05) is 62.6 Å². The summed E-state index contributed by atoms with van der Waals surface area (Å²) in [6.07, 6.45) is 0. The van der Waals surface area contributed by atoms with Gasteiger partial charge in [0.05, 0.1) is 0 Å². The fourth-order valence-corrected chi connectivity index (χ4v) is 9.63. The van der Waals surface area contributed by atoms with Crippen molar-refractivity contribution in [3.63, 3.8) is 0 Å². The summed E-state index contributed by atoms with van der Waals surface area (Å²) in [6.45, 7) is 0. The van der Waals surface area contributed by atoms with Crippen LogP contribution in [0, 0.1) is 0 Å². The maximum Gasteiger partial charge on any atom is 0.227 e. The van der Waals surface area contributed by atoms with Gasteiger partial charge >= 0.3 is 0 Å². The molecule has 53 heavy (non-hydrogen) atoms. The number of fused-ring (bicyclic) bond motifs is 7. The highest BCUT2D eigenvalue weighted by atomic mass is 32.1. The van der Waals surface area contributed by atoms with Gasteiger partial charge in [0.15, 0.2) is 23.1 Å². The summed E-state index contributed by atoms with van der Waals surface area (Å²) >= 11 is 3.53. The third-order valence-corrected chi connectivity index (χ3v) is 12.2. The van der Waals surface area contributed by atoms with Gasteiger partial charge in [0.25, 0.3) is 0 Å². The Kier molecular flexibility index (Phi) is 6.83. The maximum absolute atomic E-state index is 6.37. The standard InChI is InChI=1S/C46H26N4OS2/c1-3-11-27(12-4-1)29-21-23-37-38(26-29)51-46(47-37)30-22-24-40-36(25-30)33-17-10-19-35(42(33)53-40)45-49-43(28-13-5-2-6-14-28)48-44(50-45)34-18-9-16-32-31-15-7-8-20-39(31)52-41(32)34/h1-26H. The molecule has 0 N–H and O–H groups in total. The minimum Gasteiger partial charge on any atom is -0.436 e. The molecule has 0 amide bonds. The zero-order chi connectivity index (χ0) is 34.9. The average molecular weight is 715 g/mol. The van der Waals surface area contributed by atoms with E-state index in [1.165, 1.54) is 24.9 Å². The van der Waals surface area contributed by atoms with Crippen LogP contribution in [0.5, 0.6) is 0 Å². The van der Waals surface area contributed by atoms with Gasteiger partial charge in [0.2, 0.25) is 5.89 Å². The van der Waals surface area contributed by atoms with Crippen LogP contribution < -0.4 is 0 Å². The predicted octanol–water partition coefficient (Wildman–Crippen LogP) is 13.1. The molecule has 248 valence electrons. The summed E-state index contributed by atoms with van der Waals surface area (Å²) in [4.78, 5) is 20.3. The van der Waals surface area contributed by atoms with Crippen LogP contribution in [0.15, 0.2) is 162 Å². The second-order valence-corrected chi connectivity index (χ2v) is 15.1. The Morgan fingerprint density at radius 1 is 0.377 bits per heavy atom. The molecule has 0 aliphatic heterocycles. The van der Waals surface area contributed by atoms with Gasteiger partial charge in [-0.2, -0.15) is 0 Å². The fraction of sp³-hybridized carbons (Fsp3) is 0. The molecule has 11 aromatic rings. The van der Waals surface area contributed by atoms with E-state index in [1.807, 2.05) is 42.5 Å². The zero-order valence-corrected chi connectivity index (χ0v) is 29.7. The van der Waals surface area contributed by atoms with Crippen LogP contribution in [-0.2, 0) is 0 Å². The quantitative estimate of drug-likeness (QED) is 0.178. The van der Waals surface area contributed by atoms with Crippen molar-refractivity contribution in [3.8, 4) is 56.7 Å². The monoisotopic (exact) mass is 714 g/mol. The van der Waals surface area contributed by atoms with Crippen molar-refractivity contribution in [1.82, 2.24) is 19.9 Å². The van der Waals surface area contributed by atoms with Gasteiger partial charge in [-0.1, -0.05) is 109 Å². The van der Waals surface area contributed by atoms with Crippen molar-refractivity contribution >= 4 is 74.1 Å². The number of aromatic nitrogens is 4. The van der Waals surface area contributed by atoms with Crippen molar-refractivity contribution < 1.29 is 4.42 Å². The first-order chi connectivity index (χ1) is 26.2. The lowest BCUT2D eigenvalue weighted by Gasteiger charge is -2.09. The van der Waals surface area contributed by atoms with Gasteiger partial charge in [-0.25, -0.2) is 19.9 Å². The molecule has 11 rings (SSSR count). The lowest BCUT2D eigenvalue weighted by atomic mass is 10.1. The Morgan fingerprint density at radius 2 is 0.962 bits per heavy atom. The summed E-state index contributed by atoms with van der Waals surface area (Å²) in [5.41, 5.74) is 7.72. The zero-order valence-electron chi connectivity index (χ0n) is 28.0. The summed E-state index contributed by atoms with van der Waals surface area (Å²) < 4.78 is 11.1. The van der Waals surface area contributed by atoms with Crippen molar-refractivity contribution in [3.05, 3.63) is 158 Å². The predicted molar refractivity (Wildman–Crippen MR) is 220 cm³/mol. The van der Waals surface area contributed by atoms with Crippen LogP contribution in [0.25, 0.3) is 108 Å². The van der Waals surface area contributed by atoms with E-state index in [4.69, 9.17) is 24.4 Å². The van der Waals surface area contributed by atoms with E-state index < -0.39 is 0 Å². The summed E-state index contributed by atoms with van der Waals surface area (Å²) in [5.74, 6) is 2.57. The number of thiophene rings is 2. The van der Waals surface area contributed by atoms with E-state index in [9.17, 15) is 0 Å². The minimum absolute atomic E-state index is 0.604. The highest BCUT2D eigenvalue weighted by Gasteiger charge is 2.20. The van der Waals surface area contributed by atoms with Crippen LogP contribution in [0.1, 0.15) is 0 Å². The van der Waals surface area contributed by atoms with E-state index in [-0.39, 0.29) is 0 Å². The van der Waals surface area contributed by atoms with Gasteiger partial charge in [0.1, 0.15) is 5.52 Å². The van der Waals surface area contributed by atoms with E-state index in [0.29, 0.717) is 23.4 Å².